The van der Waals surface area contributed by atoms with Gasteiger partial charge in [-0.3, -0.25) is 4.68 Å². The summed E-state index contributed by atoms with van der Waals surface area (Å²) in [5.74, 6) is 0.898. The smallest absolute Gasteiger partial charge is 0.315 e. The Hall–Kier alpha value is -2.57. The van der Waals surface area contributed by atoms with Crippen molar-refractivity contribution in [2.45, 2.75) is 56.8 Å². The number of benzene rings is 1. The zero-order valence-corrected chi connectivity index (χ0v) is 14.3. The lowest BCUT2D eigenvalue weighted by atomic mass is 9.73. The molecule has 2 N–H and O–H groups in total. The number of ether oxygens (including phenoxy) is 1. The molecule has 2 aliphatic rings. The zero-order valence-electron chi connectivity index (χ0n) is 14.3. The normalized spacial score (nSPS) is 21.6. The summed E-state index contributed by atoms with van der Waals surface area (Å²) in [7, 11) is 0. The second kappa shape index (κ2) is 6.38. The average Bonchev–Trinajstić information content (AvgIpc) is 3.05. The third kappa shape index (κ3) is 3.31. The summed E-state index contributed by atoms with van der Waals surface area (Å²) in [5, 5.41) is 10.2. The molecule has 2 atom stereocenters. The predicted octanol–water partition coefficient (Wildman–Crippen LogP) is 2.41. The van der Waals surface area contributed by atoms with E-state index in [0.29, 0.717) is 6.54 Å². The zero-order chi connectivity index (χ0) is 17.3. The number of nitrogens with one attached hydrogen (secondary N) is 2. The molecule has 0 bridgehead atoms. The molecule has 0 radical (unpaired) electrons. The van der Waals surface area contributed by atoms with Crippen LogP contribution < -0.4 is 15.4 Å². The fourth-order valence-electron chi connectivity index (χ4n) is 3.70. The van der Waals surface area contributed by atoms with Crippen LogP contribution in [0.15, 0.2) is 36.9 Å². The van der Waals surface area contributed by atoms with E-state index in [9.17, 15) is 4.79 Å². The number of hydrogen-bond acceptors (Lipinski definition) is 4. The number of fused-ring (bicyclic) bond motifs is 1. The molecule has 1 fully saturated rings. The molecule has 7 heteroatoms. The standard InChI is InChI=1S/C18H23N5O2/c1-13(10-23-12-19-11-20-23)21-17(24)22-15-9-18(7-4-8-18)25-16-6-3-2-5-14(15)16/h2-3,5-6,11-13,15H,4,7-10H2,1H3,(H2,21,22,24)/t13-,15-/m1/s1. The summed E-state index contributed by atoms with van der Waals surface area (Å²) >= 11 is 0. The van der Waals surface area contributed by atoms with Crippen LogP contribution in [0, 0.1) is 0 Å². The molecule has 25 heavy (non-hydrogen) atoms. The topological polar surface area (TPSA) is 81.1 Å². The Morgan fingerprint density at radius 3 is 3.00 bits per heavy atom. The molecular weight excluding hydrogens is 318 g/mol. The highest BCUT2D eigenvalue weighted by Crippen LogP contribution is 2.48. The molecule has 1 aliphatic carbocycles. The summed E-state index contributed by atoms with van der Waals surface area (Å²) < 4.78 is 7.93. The van der Waals surface area contributed by atoms with E-state index in [1.165, 1.54) is 12.7 Å². The van der Waals surface area contributed by atoms with Crippen LogP contribution in [-0.4, -0.2) is 32.4 Å². The second-order valence-electron chi connectivity index (χ2n) is 7.07. The van der Waals surface area contributed by atoms with Crippen LogP contribution in [0.1, 0.15) is 44.2 Å². The average molecular weight is 341 g/mol. The Kier molecular flexibility index (Phi) is 4.07. The Bertz CT molecular complexity index is 742. The van der Waals surface area contributed by atoms with Crippen molar-refractivity contribution in [3.8, 4) is 5.75 Å². The second-order valence-corrected chi connectivity index (χ2v) is 7.07. The van der Waals surface area contributed by atoms with E-state index >= 15 is 0 Å². The molecule has 7 nitrogen and oxygen atoms in total. The molecule has 1 aromatic carbocycles. The van der Waals surface area contributed by atoms with E-state index in [1.54, 1.807) is 11.0 Å². The van der Waals surface area contributed by atoms with Crippen LogP contribution in [0.5, 0.6) is 5.75 Å². The van der Waals surface area contributed by atoms with Gasteiger partial charge in [-0.15, -0.1) is 0 Å². The van der Waals surface area contributed by atoms with Crippen LogP contribution in [0.4, 0.5) is 4.79 Å². The number of amides is 2. The summed E-state index contributed by atoms with van der Waals surface area (Å²) in [4.78, 5) is 16.4. The fourth-order valence-corrected chi connectivity index (χ4v) is 3.70. The van der Waals surface area contributed by atoms with Gasteiger partial charge in [-0.25, -0.2) is 9.78 Å². The summed E-state index contributed by atoms with van der Waals surface area (Å²) in [5.41, 5.74) is 0.956. The molecule has 0 saturated heterocycles. The lowest BCUT2D eigenvalue weighted by Crippen LogP contribution is -2.51. The molecule has 1 saturated carbocycles. The van der Waals surface area contributed by atoms with E-state index in [0.717, 1.165) is 30.6 Å². The highest BCUT2D eigenvalue weighted by Gasteiger charge is 2.45. The molecule has 1 aromatic heterocycles. The Labute approximate surface area is 146 Å². The first-order chi connectivity index (χ1) is 12.1. The van der Waals surface area contributed by atoms with E-state index < -0.39 is 0 Å². The Morgan fingerprint density at radius 2 is 2.28 bits per heavy atom. The van der Waals surface area contributed by atoms with E-state index in [1.807, 2.05) is 31.2 Å². The molecule has 2 heterocycles. The van der Waals surface area contributed by atoms with Crippen molar-refractivity contribution in [1.29, 1.82) is 0 Å². The Morgan fingerprint density at radius 1 is 1.44 bits per heavy atom. The molecular formula is C18H23N5O2. The first kappa shape index (κ1) is 15.9. The number of hydrogen-bond donors (Lipinski definition) is 2. The lowest BCUT2D eigenvalue weighted by Gasteiger charge is -2.48. The summed E-state index contributed by atoms with van der Waals surface area (Å²) in [6, 6.07) is 7.76. The van der Waals surface area contributed by atoms with Crippen molar-refractivity contribution < 1.29 is 9.53 Å². The summed E-state index contributed by atoms with van der Waals surface area (Å²) in [6.45, 7) is 2.54. The van der Waals surface area contributed by atoms with E-state index in [2.05, 4.69) is 20.7 Å². The van der Waals surface area contributed by atoms with Crippen LogP contribution >= 0.6 is 0 Å². The van der Waals surface area contributed by atoms with Crippen molar-refractivity contribution in [2.75, 3.05) is 0 Å². The number of carbonyl (C=O) groups is 1. The van der Waals surface area contributed by atoms with Gasteiger partial charge in [0.2, 0.25) is 0 Å². The Balaban J connectivity index is 1.41. The van der Waals surface area contributed by atoms with Gasteiger partial charge >= 0.3 is 6.03 Å². The maximum Gasteiger partial charge on any atom is 0.315 e. The van der Waals surface area contributed by atoms with Gasteiger partial charge in [0, 0.05) is 18.0 Å². The fraction of sp³-hybridized carbons (Fsp3) is 0.500. The van der Waals surface area contributed by atoms with Gasteiger partial charge in [0.05, 0.1) is 12.6 Å². The molecule has 2 amide bonds. The van der Waals surface area contributed by atoms with Crippen LogP contribution in [-0.2, 0) is 6.54 Å². The highest BCUT2D eigenvalue weighted by atomic mass is 16.5. The maximum atomic E-state index is 12.5. The van der Waals surface area contributed by atoms with Gasteiger partial charge in [0.25, 0.3) is 0 Å². The molecule has 2 aromatic rings. The van der Waals surface area contributed by atoms with Gasteiger partial charge in [0.1, 0.15) is 24.0 Å². The van der Waals surface area contributed by atoms with Crippen LogP contribution in [0.2, 0.25) is 0 Å². The molecule has 132 valence electrons. The predicted molar refractivity (Wildman–Crippen MR) is 92.2 cm³/mol. The first-order valence-electron chi connectivity index (χ1n) is 8.81. The van der Waals surface area contributed by atoms with Crippen LogP contribution in [0.3, 0.4) is 0 Å². The SMILES string of the molecule is C[C@H](Cn1cncn1)NC(=O)N[C@@H]1CC2(CCC2)Oc2ccccc21. The third-order valence-corrected chi connectivity index (χ3v) is 5.07. The van der Waals surface area contributed by atoms with Gasteiger partial charge in [-0.2, -0.15) is 5.10 Å². The lowest BCUT2D eigenvalue weighted by molar-refractivity contribution is -0.0355. The highest BCUT2D eigenvalue weighted by molar-refractivity contribution is 5.75. The third-order valence-electron chi connectivity index (χ3n) is 5.07. The minimum Gasteiger partial charge on any atom is -0.487 e. The van der Waals surface area contributed by atoms with Crippen molar-refractivity contribution in [1.82, 2.24) is 25.4 Å². The number of urea groups is 1. The minimum atomic E-state index is -0.163. The quantitative estimate of drug-likeness (QED) is 0.895. The molecule has 0 unspecified atom stereocenters. The monoisotopic (exact) mass is 341 g/mol. The van der Waals surface area contributed by atoms with Crippen molar-refractivity contribution in [2.24, 2.45) is 0 Å². The van der Waals surface area contributed by atoms with Crippen molar-refractivity contribution in [3.63, 3.8) is 0 Å². The van der Waals surface area contributed by atoms with Crippen LogP contribution in [0.25, 0.3) is 0 Å². The van der Waals surface area contributed by atoms with Gasteiger partial charge in [-0.1, -0.05) is 18.2 Å². The number of nitrogens with zero attached hydrogens (tertiary/aromatic N) is 3. The van der Waals surface area contributed by atoms with E-state index in [4.69, 9.17) is 4.74 Å². The number of carbonyl (C=O) groups excluding carboxylic acids is 1. The molecule has 4 rings (SSSR count). The minimum absolute atomic E-state index is 0.0242. The maximum absolute atomic E-state index is 12.5. The van der Waals surface area contributed by atoms with E-state index in [-0.39, 0.29) is 23.7 Å². The number of aromatic nitrogens is 3. The molecule has 1 aliphatic heterocycles. The molecule has 1 spiro atoms. The van der Waals surface area contributed by atoms with Gasteiger partial charge in [0.15, 0.2) is 0 Å². The number of para-hydroxylation sites is 1. The van der Waals surface area contributed by atoms with Crippen molar-refractivity contribution >= 4 is 6.03 Å². The number of rotatable bonds is 4. The van der Waals surface area contributed by atoms with Crippen molar-refractivity contribution in [3.05, 3.63) is 42.5 Å². The largest absolute Gasteiger partial charge is 0.487 e. The van der Waals surface area contributed by atoms with Gasteiger partial charge < -0.3 is 15.4 Å². The summed E-state index contributed by atoms with van der Waals surface area (Å²) in [6.07, 6.45) is 7.27. The first-order valence-corrected chi connectivity index (χ1v) is 8.81. The van der Waals surface area contributed by atoms with Gasteiger partial charge in [-0.05, 0) is 32.3 Å².